The summed E-state index contributed by atoms with van der Waals surface area (Å²) in [7, 11) is 6.30. The summed E-state index contributed by atoms with van der Waals surface area (Å²) in [4.78, 5) is 13.4. The van der Waals surface area contributed by atoms with Gasteiger partial charge in [-0.1, -0.05) is 13.0 Å². The quantitative estimate of drug-likeness (QED) is 0.450. The van der Waals surface area contributed by atoms with Crippen molar-refractivity contribution in [1.82, 2.24) is 4.37 Å². The average molecular weight is 472 g/mol. The predicted octanol–water partition coefficient (Wildman–Crippen LogP) is 4.43. The molecule has 0 fully saturated rings. The molecule has 0 spiro atoms. The van der Waals surface area contributed by atoms with E-state index < -0.39 is 0 Å². The van der Waals surface area contributed by atoms with Gasteiger partial charge in [-0.3, -0.25) is 4.79 Å². The van der Waals surface area contributed by atoms with Crippen LogP contribution in [0.25, 0.3) is 21.6 Å². The topological polar surface area (TPSA) is 105 Å². The van der Waals surface area contributed by atoms with Gasteiger partial charge in [-0.15, -0.1) is 0 Å². The number of aromatic nitrogens is 1. The Morgan fingerprint density at radius 3 is 2.24 bits per heavy atom. The molecule has 0 saturated heterocycles. The third kappa shape index (κ3) is 5.37. The minimum Gasteiger partial charge on any atom is -0.495 e. The van der Waals surface area contributed by atoms with Crippen LogP contribution in [0.1, 0.15) is 13.3 Å². The number of hydrogen-bond donors (Lipinski definition) is 2. The number of hydrogen-bond acceptors (Lipinski definition) is 8. The first kappa shape index (κ1) is 24.3. The zero-order valence-corrected chi connectivity index (χ0v) is 20.2. The van der Waals surface area contributed by atoms with Gasteiger partial charge in [-0.25, -0.2) is 0 Å². The summed E-state index contributed by atoms with van der Waals surface area (Å²) in [5, 5.41) is 2.95. The Hall–Kier alpha value is -3.30. The number of ether oxygens (including phenoxy) is 4. The minimum absolute atomic E-state index is 0.0897. The maximum Gasteiger partial charge on any atom is 0.224 e. The number of nitrogens with one attached hydrogen (secondary N) is 1. The van der Waals surface area contributed by atoms with Crippen molar-refractivity contribution >= 4 is 23.1 Å². The fourth-order valence-corrected chi connectivity index (χ4v) is 4.20. The van der Waals surface area contributed by atoms with E-state index in [0.717, 1.165) is 21.6 Å². The first-order valence-corrected chi connectivity index (χ1v) is 11.2. The summed E-state index contributed by atoms with van der Waals surface area (Å²) in [6.45, 7) is 2.39. The molecular weight excluding hydrogens is 442 g/mol. The lowest BCUT2D eigenvalue weighted by Gasteiger charge is -2.15. The Morgan fingerprint density at radius 2 is 1.67 bits per heavy atom. The molecule has 1 amide bonds. The summed E-state index contributed by atoms with van der Waals surface area (Å²) in [5.74, 6) is 2.19. The van der Waals surface area contributed by atoms with Crippen LogP contribution < -0.4 is 30.0 Å². The number of amides is 1. The molecule has 1 aromatic heterocycles. The lowest BCUT2D eigenvalue weighted by molar-refractivity contribution is -0.116. The molecule has 3 N–H and O–H groups in total. The second-order valence-corrected chi connectivity index (χ2v) is 8.29. The van der Waals surface area contributed by atoms with Gasteiger partial charge in [0, 0.05) is 23.7 Å². The highest BCUT2D eigenvalue weighted by Gasteiger charge is 2.19. The van der Waals surface area contributed by atoms with E-state index >= 15 is 0 Å². The highest BCUT2D eigenvalue weighted by molar-refractivity contribution is 7.10. The van der Waals surface area contributed by atoms with Gasteiger partial charge in [0.05, 0.1) is 39.0 Å². The molecule has 3 rings (SSSR count). The van der Waals surface area contributed by atoms with Crippen molar-refractivity contribution in [2.45, 2.75) is 13.3 Å². The van der Waals surface area contributed by atoms with Crippen molar-refractivity contribution in [2.24, 2.45) is 11.7 Å². The fraction of sp³-hybridized carbons (Fsp3) is 0.333. The Kier molecular flexibility index (Phi) is 8.13. The molecule has 0 bridgehead atoms. The molecule has 33 heavy (non-hydrogen) atoms. The van der Waals surface area contributed by atoms with Crippen molar-refractivity contribution in [3.63, 3.8) is 0 Å². The Labute approximate surface area is 197 Å². The van der Waals surface area contributed by atoms with Gasteiger partial charge >= 0.3 is 0 Å². The molecule has 3 aromatic rings. The normalized spacial score (nSPS) is 11.6. The highest BCUT2D eigenvalue weighted by Crippen LogP contribution is 2.45. The van der Waals surface area contributed by atoms with Crippen LogP contribution in [0, 0.1) is 5.92 Å². The third-order valence-corrected chi connectivity index (χ3v) is 6.07. The number of anilines is 1. The van der Waals surface area contributed by atoms with E-state index in [0.29, 0.717) is 41.7 Å². The van der Waals surface area contributed by atoms with Crippen molar-refractivity contribution in [2.75, 3.05) is 40.3 Å². The van der Waals surface area contributed by atoms with Crippen LogP contribution in [0.3, 0.4) is 0 Å². The molecule has 0 aliphatic carbocycles. The standard InChI is InChI=1S/C24H29N3O5S/c1-14(12-25)8-22(28)27-18-9-15(6-7-19(18)29-2)17-13-26-33-24(17)16-10-20(30-3)23(32-5)21(11-16)31-4/h6-7,9-11,13-14H,8,12,25H2,1-5H3,(H,27,28). The fourth-order valence-electron chi connectivity index (χ4n) is 3.44. The molecule has 2 aromatic carbocycles. The average Bonchev–Trinajstić information content (AvgIpc) is 3.32. The molecule has 176 valence electrons. The van der Waals surface area contributed by atoms with E-state index in [1.54, 1.807) is 34.6 Å². The van der Waals surface area contributed by atoms with E-state index in [9.17, 15) is 4.79 Å². The molecule has 0 aliphatic rings. The SMILES string of the molecule is COc1ccc(-c2cnsc2-c2cc(OC)c(OC)c(OC)c2)cc1NC(=O)CC(C)CN. The van der Waals surface area contributed by atoms with Gasteiger partial charge in [0.15, 0.2) is 11.5 Å². The first-order valence-electron chi connectivity index (χ1n) is 10.4. The zero-order chi connectivity index (χ0) is 24.0. The molecule has 9 heteroatoms. The Bertz CT molecular complexity index is 1090. The summed E-state index contributed by atoms with van der Waals surface area (Å²) in [5.41, 5.74) is 8.91. The third-order valence-electron chi connectivity index (χ3n) is 5.22. The Balaban J connectivity index is 2.02. The van der Waals surface area contributed by atoms with Crippen LogP contribution in [0.15, 0.2) is 36.5 Å². The number of carbonyl (C=O) groups excluding carboxylic acids is 1. The number of carbonyl (C=O) groups is 1. The predicted molar refractivity (Wildman–Crippen MR) is 131 cm³/mol. The molecule has 0 radical (unpaired) electrons. The van der Waals surface area contributed by atoms with Crippen LogP contribution in [-0.4, -0.2) is 45.3 Å². The molecule has 0 aliphatic heterocycles. The lowest BCUT2D eigenvalue weighted by atomic mass is 10.0. The van der Waals surface area contributed by atoms with Gasteiger partial charge in [0.25, 0.3) is 0 Å². The largest absolute Gasteiger partial charge is 0.495 e. The summed E-state index contributed by atoms with van der Waals surface area (Å²) in [6.07, 6.45) is 2.13. The van der Waals surface area contributed by atoms with Crippen molar-refractivity contribution < 1.29 is 23.7 Å². The maximum atomic E-state index is 12.5. The number of methoxy groups -OCH3 is 4. The molecular formula is C24H29N3O5S. The highest BCUT2D eigenvalue weighted by atomic mass is 32.1. The second-order valence-electron chi connectivity index (χ2n) is 7.49. The van der Waals surface area contributed by atoms with Crippen LogP contribution >= 0.6 is 11.5 Å². The second kappa shape index (κ2) is 11.0. The van der Waals surface area contributed by atoms with Crippen molar-refractivity contribution in [3.05, 3.63) is 36.5 Å². The van der Waals surface area contributed by atoms with E-state index in [-0.39, 0.29) is 11.8 Å². The smallest absolute Gasteiger partial charge is 0.224 e. The monoisotopic (exact) mass is 471 g/mol. The van der Waals surface area contributed by atoms with Crippen LogP contribution in [0.5, 0.6) is 23.0 Å². The van der Waals surface area contributed by atoms with Gasteiger partial charge in [-0.05, 0) is 53.8 Å². The van der Waals surface area contributed by atoms with Gasteiger partial charge in [0.2, 0.25) is 11.7 Å². The number of nitrogens with zero attached hydrogens (tertiary/aromatic N) is 1. The van der Waals surface area contributed by atoms with Gasteiger partial charge in [-0.2, -0.15) is 4.37 Å². The van der Waals surface area contributed by atoms with E-state index in [1.165, 1.54) is 11.5 Å². The summed E-state index contributed by atoms with van der Waals surface area (Å²) in [6, 6.07) is 9.42. The number of rotatable bonds is 10. The number of nitrogens with two attached hydrogens (primary N) is 1. The zero-order valence-electron chi connectivity index (χ0n) is 19.4. The Morgan fingerprint density at radius 1 is 1.00 bits per heavy atom. The van der Waals surface area contributed by atoms with Gasteiger partial charge < -0.3 is 30.0 Å². The van der Waals surface area contributed by atoms with Crippen LogP contribution in [0.4, 0.5) is 5.69 Å². The minimum atomic E-state index is -0.114. The molecule has 1 heterocycles. The van der Waals surface area contributed by atoms with Crippen LogP contribution in [-0.2, 0) is 4.79 Å². The van der Waals surface area contributed by atoms with E-state index in [4.69, 9.17) is 24.7 Å². The van der Waals surface area contributed by atoms with Crippen molar-refractivity contribution in [3.8, 4) is 44.6 Å². The first-order chi connectivity index (χ1) is 15.9. The molecule has 1 atom stereocenters. The summed E-state index contributed by atoms with van der Waals surface area (Å²) >= 11 is 1.36. The number of benzene rings is 2. The molecule has 1 unspecified atom stereocenters. The van der Waals surface area contributed by atoms with E-state index in [1.807, 2.05) is 37.3 Å². The maximum absolute atomic E-state index is 12.5. The van der Waals surface area contributed by atoms with Gasteiger partial charge in [0.1, 0.15) is 5.75 Å². The molecule has 0 saturated carbocycles. The van der Waals surface area contributed by atoms with Crippen molar-refractivity contribution in [1.29, 1.82) is 0 Å². The lowest BCUT2D eigenvalue weighted by Crippen LogP contribution is -2.20. The van der Waals surface area contributed by atoms with E-state index in [2.05, 4.69) is 9.69 Å². The summed E-state index contributed by atoms with van der Waals surface area (Å²) < 4.78 is 26.3. The van der Waals surface area contributed by atoms with Crippen LogP contribution in [0.2, 0.25) is 0 Å². The molecule has 8 nitrogen and oxygen atoms in total.